The van der Waals surface area contributed by atoms with Crippen molar-refractivity contribution in [2.24, 2.45) is 0 Å². The van der Waals surface area contributed by atoms with Gasteiger partial charge in [0.1, 0.15) is 12.6 Å². The summed E-state index contributed by atoms with van der Waals surface area (Å²) < 4.78 is 0. The number of amides is 2. The van der Waals surface area contributed by atoms with E-state index in [1.165, 1.54) is 0 Å². The van der Waals surface area contributed by atoms with E-state index in [1.807, 2.05) is 36.4 Å². The van der Waals surface area contributed by atoms with Gasteiger partial charge in [-0.15, -0.1) is 0 Å². The van der Waals surface area contributed by atoms with Gasteiger partial charge in [0.25, 0.3) is 0 Å². The SMILES string of the molecule is O=C(O)CNC(=O)[C@@H]1Cc2ccc(-c3ccc(Cl)cc3)cc2[C@H]2CCC(=O)N21. The number of aliphatic carboxylic acids is 1. The number of carbonyl (C=O) groups is 3. The highest BCUT2D eigenvalue weighted by Gasteiger charge is 2.44. The first-order valence-corrected chi connectivity index (χ1v) is 9.51. The smallest absolute Gasteiger partial charge is 0.322 e. The second-order valence-corrected chi connectivity index (χ2v) is 7.54. The maximum Gasteiger partial charge on any atom is 0.322 e. The number of hydrogen-bond acceptors (Lipinski definition) is 3. The van der Waals surface area contributed by atoms with Crippen molar-refractivity contribution in [3.8, 4) is 11.1 Å². The van der Waals surface area contributed by atoms with Gasteiger partial charge in [-0.3, -0.25) is 14.4 Å². The zero-order valence-corrected chi connectivity index (χ0v) is 15.8. The molecule has 2 aromatic carbocycles. The molecule has 1 fully saturated rings. The molecule has 2 heterocycles. The maximum absolute atomic E-state index is 12.5. The van der Waals surface area contributed by atoms with Crippen molar-refractivity contribution < 1.29 is 19.5 Å². The van der Waals surface area contributed by atoms with Gasteiger partial charge < -0.3 is 15.3 Å². The predicted octanol–water partition coefficient (Wildman–Crippen LogP) is 2.80. The predicted molar refractivity (Wildman–Crippen MR) is 104 cm³/mol. The summed E-state index contributed by atoms with van der Waals surface area (Å²) >= 11 is 5.98. The Bertz CT molecular complexity index is 957. The molecule has 144 valence electrons. The summed E-state index contributed by atoms with van der Waals surface area (Å²) in [6, 6.07) is 12.8. The Kier molecular flexibility index (Phi) is 4.81. The lowest BCUT2D eigenvalue weighted by Crippen LogP contribution is -2.52. The molecule has 4 rings (SSSR count). The van der Waals surface area contributed by atoms with Gasteiger partial charge in [-0.25, -0.2) is 0 Å². The van der Waals surface area contributed by atoms with Crippen molar-refractivity contribution in [3.05, 3.63) is 58.6 Å². The summed E-state index contributed by atoms with van der Waals surface area (Å²) in [6.45, 7) is -0.454. The van der Waals surface area contributed by atoms with Gasteiger partial charge in [0.05, 0.1) is 6.04 Å². The first-order valence-electron chi connectivity index (χ1n) is 9.13. The number of nitrogens with one attached hydrogen (secondary N) is 1. The summed E-state index contributed by atoms with van der Waals surface area (Å²) in [5, 5.41) is 11.9. The highest BCUT2D eigenvalue weighted by atomic mass is 35.5. The molecule has 0 unspecified atom stereocenters. The van der Waals surface area contributed by atoms with Crippen molar-refractivity contribution in [3.63, 3.8) is 0 Å². The third kappa shape index (κ3) is 3.36. The lowest BCUT2D eigenvalue weighted by molar-refractivity contribution is -0.142. The van der Waals surface area contributed by atoms with Crippen LogP contribution in [0.2, 0.25) is 5.02 Å². The van der Waals surface area contributed by atoms with Crippen molar-refractivity contribution in [2.75, 3.05) is 6.54 Å². The number of fused-ring (bicyclic) bond motifs is 3. The van der Waals surface area contributed by atoms with Gasteiger partial charge in [0.15, 0.2) is 0 Å². The summed E-state index contributed by atoms with van der Waals surface area (Å²) in [5.74, 6) is -1.60. The number of carboxylic acid groups (broad SMARTS) is 1. The third-order valence-corrected chi connectivity index (χ3v) is 5.66. The average Bonchev–Trinajstić information content (AvgIpc) is 3.08. The van der Waals surface area contributed by atoms with Crippen LogP contribution in [-0.2, 0) is 20.8 Å². The van der Waals surface area contributed by atoms with Crippen LogP contribution in [0.25, 0.3) is 11.1 Å². The maximum atomic E-state index is 12.5. The number of halogens is 1. The minimum absolute atomic E-state index is 0.0666. The summed E-state index contributed by atoms with van der Waals surface area (Å²) in [7, 11) is 0. The summed E-state index contributed by atoms with van der Waals surface area (Å²) in [6.07, 6.45) is 1.42. The highest BCUT2D eigenvalue weighted by Crippen LogP contribution is 2.42. The van der Waals surface area contributed by atoms with E-state index in [2.05, 4.69) is 11.4 Å². The number of hydrogen-bond donors (Lipinski definition) is 2. The molecule has 1 saturated heterocycles. The van der Waals surface area contributed by atoms with Gasteiger partial charge in [-0.1, -0.05) is 35.9 Å². The first kappa shape index (κ1) is 18.5. The van der Waals surface area contributed by atoms with E-state index in [1.54, 1.807) is 4.90 Å². The average molecular weight is 399 g/mol. The number of nitrogens with zero attached hydrogens (tertiary/aromatic N) is 1. The van der Waals surface area contributed by atoms with E-state index >= 15 is 0 Å². The van der Waals surface area contributed by atoms with E-state index in [9.17, 15) is 14.4 Å². The second-order valence-electron chi connectivity index (χ2n) is 7.11. The molecule has 0 bridgehead atoms. The number of carbonyl (C=O) groups excluding carboxylic acids is 2. The largest absolute Gasteiger partial charge is 0.480 e. The van der Waals surface area contributed by atoms with Crippen LogP contribution in [0.4, 0.5) is 0 Å². The normalized spacial score (nSPS) is 20.5. The van der Waals surface area contributed by atoms with Crippen LogP contribution in [-0.4, -0.2) is 40.4 Å². The van der Waals surface area contributed by atoms with Crippen molar-refractivity contribution in [1.82, 2.24) is 10.2 Å². The Labute approximate surface area is 167 Å². The van der Waals surface area contributed by atoms with Crippen LogP contribution in [0.15, 0.2) is 42.5 Å². The molecule has 0 aromatic heterocycles. The molecule has 0 saturated carbocycles. The molecule has 6 nitrogen and oxygen atoms in total. The molecule has 2 amide bonds. The van der Waals surface area contributed by atoms with E-state index in [-0.39, 0.29) is 11.9 Å². The van der Waals surface area contributed by atoms with Crippen LogP contribution >= 0.6 is 11.6 Å². The Morgan fingerprint density at radius 1 is 1.14 bits per heavy atom. The molecular weight excluding hydrogens is 380 g/mol. The summed E-state index contributed by atoms with van der Waals surface area (Å²) in [5.41, 5.74) is 4.14. The fraction of sp³-hybridized carbons (Fsp3) is 0.286. The Morgan fingerprint density at radius 3 is 2.57 bits per heavy atom. The number of benzene rings is 2. The molecular formula is C21H19ClN2O4. The Morgan fingerprint density at radius 2 is 1.86 bits per heavy atom. The molecule has 2 aliphatic heterocycles. The second kappa shape index (κ2) is 7.28. The number of carboxylic acids is 1. The first-order chi connectivity index (χ1) is 13.4. The van der Waals surface area contributed by atoms with Gasteiger partial charge in [-0.05, 0) is 46.9 Å². The molecule has 2 aliphatic rings. The molecule has 28 heavy (non-hydrogen) atoms. The van der Waals surface area contributed by atoms with Crippen molar-refractivity contribution in [2.45, 2.75) is 31.3 Å². The van der Waals surface area contributed by atoms with E-state index in [0.717, 1.165) is 22.3 Å². The lowest BCUT2D eigenvalue weighted by atomic mass is 9.86. The monoisotopic (exact) mass is 398 g/mol. The van der Waals surface area contributed by atoms with Gasteiger partial charge in [0, 0.05) is 17.9 Å². The number of rotatable bonds is 4. The molecule has 2 N–H and O–H groups in total. The minimum atomic E-state index is -1.11. The van der Waals surface area contributed by atoms with Crippen molar-refractivity contribution in [1.29, 1.82) is 0 Å². The van der Waals surface area contributed by atoms with E-state index in [0.29, 0.717) is 24.3 Å². The molecule has 2 aromatic rings. The summed E-state index contributed by atoms with van der Waals surface area (Å²) in [4.78, 5) is 37.4. The van der Waals surface area contributed by atoms with Gasteiger partial charge in [-0.2, -0.15) is 0 Å². The van der Waals surface area contributed by atoms with Crippen LogP contribution < -0.4 is 5.32 Å². The zero-order chi connectivity index (χ0) is 19.8. The Balaban J connectivity index is 1.67. The highest BCUT2D eigenvalue weighted by molar-refractivity contribution is 6.30. The third-order valence-electron chi connectivity index (χ3n) is 5.40. The standard InChI is InChI=1S/C21H19ClN2O4/c22-15-5-3-12(4-6-15)13-1-2-14-10-18(21(28)23-11-20(26)27)24-17(16(14)9-13)7-8-19(24)25/h1-6,9,17-18H,7-8,10-11H2,(H,23,28)(H,26,27)/t17-,18+/m1/s1. The van der Waals surface area contributed by atoms with E-state index in [4.69, 9.17) is 16.7 Å². The van der Waals surface area contributed by atoms with Crippen LogP contribution in [0, 0.1) is 0 Å². The van der Waals surface area contributed by atoms with Crippen molar-refractivity contribution >= 4 is 29.4 Å². The van der Waals surface area contributed by atoms with Gasteiger partial charge in [0.2, 0.25) is 11.8 Å². The molecule has 7 heteroatoms. The minimum Gasteiger partial charge on any atom is -0.480 e. The fourth-order valence-electron chi connectivity index (χ4n) is 4.12. The van der Waals surface area contributed by atoms with Crippen LogP contribution in [0.1, 0.15) is 30.0 Å². The zero-order valence-electron chi connectivity index (χ0n) is 15.0. The van der Waals surface area contributed by atoms with Crippen LogP contribution in [0.5, 0.6) is 0 Å². The van der Waals surface area contributed by atoms with Crippen LogP contribution in [0.3, 0.4) is 0 Å². The molecule has 0 aliphatic carbocycles. The van der Waals surface area contributed by atoms with Gasteiger partial charge >= 0.3 is 5.97 Å². The Hall–Kier alpha value is -2.86. The fourth-order valence-corrected chi connectivity index (χ4v) is 4.24. The molecule has 0 radical (unpaired) electrons. The quantitative estimate of drug-likeness (QED) is 0.829. The molecule has 2 atom stereocenters. The topological polar surface area (TPSA) is 86.7 Å². The van der Waals surface area contributed by atoms with E-state index < -0.39 is 24.5 Å². The lowest BCUT2D eigenvalue weighted by Gasteiger charge is -2.38. The molecule has 0 spiro atoms.